The summed E-state index contributed by atoms with van der Waals surface area (Å²) in [7, 11) is 0. The molecule has 1 aliphatic carbocycles. The summed E-state index contributed by atoms with van der Waals surface area (Å²) in [4.78, 5) is 22.2. The van der Waals surface area contributed by atoms with Crippen molar-refractivity contribution in [1.82, 2.24) is 10.6 Å². The van der Waals surface area contributed by atoms with Crippen LogP contribution in [0.15, 0.2) is 0 Å². The second-order valence-corrected chi connectivity index (χ2v) is 4.54. The van der Waals surface area contributed by atoms with Gasteiger partial charge in [-0.05, 0) is 12.8 Å². The van der Waals surface area contributed by atoms with Gasteiger partial charge < -0.3 is 21.5 Å². The Hall–Kier alpha value is -1.14. The standard InChI is InChI=1S/C11H21N3O3/c12-6-9(15)13-7-10(16)14-8-11(17)4-2-1-3-5-11/h17H,1-8,12H2,(H,13,15)(H,14,16). The van der Waals surface area contributed by atoms with Gasteiger partial charge in [-0.15, -0.1) is 0 Å². The first-order chi connectivity index (χ1) is 8.06. The van der Waals surface area contributed by atoms with Gasteiger partial charge in [0.2, 0.25) is 11.8 Å². The summed E-state index contributed by atoms with van der Waals surface area (Å²) >= 11 is 0. The highest BCUT2D eigenvalue weighted by Crippen LogP contribution is 2.27. The minimum atomic E-state index is -0.772. The van der Waals surface area contributed by atoms with Crippen LogP contribution in [0.3, 0.4) is 0 Å². The summed E-state index contributed by atoms with van der Waals surface area (Å²) in [6, 6.07) is 0. The maximum atomic E-state index is 11.4. The van der Waals surface area contributed by atoms with Gasteiger partial charge >= 0.3 is 0 Å². The van der Waals surface area contributed by atoms with Crippen molar-refractivity contribution in [2.45, 2.75) is 37.7 Å². The number of nitrogens with one attached hydrogen (secondary N) is 2. The highest BCUT2D eigenvalue weighted by atomic mass is 16.3. The Morgan fingerprint density at radius 1 is 1.12 bits per heavy atom. The normalized spacial score (nSPS) is 18.5. The predicted molar refractivity (Wildman–Crippen MR) is 63.1 cm³/mol. The van der Waals surface area contributed by atoms with Crippen molar-refractivity contribution in [1.29, 1.82) is 0 Å². The Labute approximate surface area is 101 Å². The molecule has 0 unspecified atom stereocenters. The number of amides is 2. The van der Waals surface area contributed by atoms with Crippen LogP contribution < -0.4 is 16.4 Å². The Bertz CT molecular complexity index is 275. The molecule has 0 aromatic rings. The van der Waals surface area contributed by atoms with Crippen LogP contribution in [0.4, 0.5) is 0 Å². The van der Waals surface area contributed by atoms with E-state index in [1.807, 2.05) is 0 Å². The highest BCUT2D eigenvalue weighted by Gasteiger charge is 2.29. The van der Waals surface area contributed by atoms with Crippen LogP contribution >= 0.6 is 0 Å². The third-order valence-corrected chi connectivity index (χ3v) is 3.03. The van der Waals surface area contributed by atoms with Gasteiger partial charge in [-0.1, -0.05) is 19.3 Å². The van der Waals surface area contributed by atoms with Gasteiger partial charge in [-0.25, -0.2) is 0 Å². The lowest BCUT2D eigenvalue weighted by Crippen LogP contribution is -2.47. The molecule has 0 aliphatic heterocycles. The molecule has 5 N–H and O–H groups in total. The van der Waals surface area contributed by atoms with E-state index in [2.05, 4.69) is 10.6 Å². The van der Waals surface area contributed by atoms with E-state index in [1.165, 1.54) is 0 Å². The fourth-order valence-corrected chi connectivity index (χ4v) is 1.96. The SMILES string of the molecule is NCC(=O)NCC(=O)NCC1(O)CCCCC1. The van der Waals surface area contributed by atoms with Crippen molar-refractivity contribution < 1.29 is 14.7 Å². The molecule has 6 heteroatoms. The number of nitrogens with two attached hydrogens (primary N) is 1. The maximum absolute atomic E-state index is 11.4. The quantitative estimate of drug-likeness (QED) is 0.490. The first kappa shape index (κ1) is 13.9. The van der Waals surface area contributed by atoms with Gasteiger partial charge in [0.15, 0.2) is 0 Å². The molecule has 1 aliphatic rings. The number of aliphatic hydroxyl groups is 1. The third kappa shape index (κ3) is 5.14. The van der Waals surface area contributed by atoms with Crippen LogP contribution in [-0.4, -0.2) is 42.2 Å². The summed E-state index contributed by atoms with van der Waals surface area (Å²) < 4.78 is 0. The second-order valence-electron chi connectivity index (χ2n) is 4.54. The number of hydrogen-bond donors (Lipinski definition) is 4. The van der Waals surface area contributed by atoms with Crippen molar-refractivity contribution in [3.8, 4) is 0 Å². The molecule has 0 aromatic heterocycles. The van der Waals surface area contributed by atoms with Gasteiger partial charge in [-0.2, -0.15) is 0 Å². The van der Waals surface area contributed by atoms with Crippen LogP contribution in [0.2, 0.25) is 0 Å². The number of carbonyl (C=O) groups excluding carboxylic acids is 2. The Balaban J connectivity index is 2.20. The zero-order valence-corrected chi connectivity index (χ0v) is 10.00. The van der Waals surface area contributed by atoms with Crippen LogP contribution in [0.5, 0.6) is 0 Å². The molecule has 0 heterocycles. The van der Waals surface area contributed by atoms with E-state index in [1.54, 1.807) is 0 Å². The van der Waals surface area contributed by atoms with Crippen molar-refractivity contribution in [2.75, 3.05) is 19.6 Å². The fourth-order valence-electron chi connectivity index (χ4n) is 1.96. The lowest BCUT2D eigenvalue weighted by molar-refractivity contribution is -0.126. The first-order valence-corrected chi connectivity index (χ1v) is 6.01. The van der Waals surface area contributed by atoms with E-state index in [9.17, 15) is 14.7 Å². The molecule has 2 amide bonds. The molecule has 1 saturated carbocycles. The summed E-state index contributed by atoms with van der Waals surface area (Å²) in [5.41, 5.74) is 4.31. The monoisotopic (exact) mass is 243 g/mol. The first-order valence-electron chi connectivity index (χ1n) is 6.01. The predicted octanol–water partition coefficient (Wildman–Crippen LogP) is -1.13. The maximum Gasteiger partial charge on any atom is 0.239 e. The molecular formula is C11H21N3O3. The van der Waals surface area contributed by atoms with E-state index in [0.717, 1.165) is 32.1 Å². The highest BCUT2D eigenvalue weighted by molar-refractivity contribution is 5.85. The molecule has 17 heavy (non-hydrogen) atoms. The molecule has 1 rings (SSSR count). The van der Waals surface area contributed by atoms with Crippen LogP contribution in [-0.2, 0) is 9.59 Å². The minimum Gasteiger partial charge on any atom is -0.388 e. The van der Waals surface area contributed by atoms with E-state index in [-0.39, 0.29) is 31.4 Å². The van der Waals surface area contributed by atoms with E-state index in [4.69, 9.17) is 5.73 Å². The number of carbonyl (C=O) groups is 2. The summed E-state index contributed by atoms with van der Waals surface area (Å²) in [5.74, 6) is -0.665. The molecule has 0 aromatic carbocycles. The molecule has 6 nitrogen and oxygen atoms in total. The number of hydrogen-bond acceptors (Lipinski definition) is 4. The summed E-state index contributed by atoms with van der Waals surface area (Å²) in [5, 5.41) is 15.1. The molecule has 0 bridgehead atoms. The Morgan fingerprint density at radius 3 is 2.35 bits per heavy atom. The molecule has 98 valence electrons. The van der Waals surface area contributed by atoms with Gasteiger partial charge in [0, 0.05) is 6.54 Å². The van der Waals surface area contributed by atoms with E-state index < -0.39 is 5.60 Å². The minimum absolute atomic E-state index is 0.0912. The van der Waals surface area contributed by atoms with Crippen LogP contribution in [0, 0.1) is 0 Å². The van der Waals surface area contributed by atoms with Crippen molar-refractivity contribution in [3.05, 3.63) is 0 Å². The summed E-state index contributed by atoms with van der Waals surface area (Å²) in [6.45, 7) is 0.0354. The fraction of sp³-hybridized carbons (Fsp3) is 0.818. The molecule has 1 fully saturated rings. The van der Waals surface area contributed by atoms with Crippen LogP contribution in [0.1, 0.15) is 32.1 Å². The van der Waals surface area contributed by atoms with E-state index >= 15 is 0 Å². The third-order valence-electron chi connectivity index (χ3n) is 3.03. The Morgan fingerprint density at radius 2 is 1.76 bits per heavy atom. The largest absolute Gasteiger partial charge is 0.388 e. The lowest BCUT2D eigenvalue weighted by Gasteiger charge is -2.32. The summed E-state index contributed by atoms with van der Waals surface area (Å²) in [6.07, 6.45) is 4.58. The number of rotatable bonds is 5. The molecule has 0 atom stereocenters. The van der Waals surface area contributed by atoms with Crippen molar-refractivity contribution in [2.24, 2.45) is 5.73 Å². The smallest absolute Gasteiger partial charge is 0.239 e. The molecule has 0 radical (unpaired) electrons. The molecule has 0 saturated heterocycles. The Kier molecular flexibility index (Phi) is 5.37. The second kappa shape index (κ2) is 6.56. The van der Waals surface area contributed by atoms with E-state index in [0.29, 0.717) is 0 Å². The average Bonchev–Trinajstić information content (AvgIpc) is 2.34. The van der Waals surface area contributed by atoms with Crippen molar-refractivity contribution >= 4 is 11.8 Å². The van der Waals surface area contributed by atoms with Gasteiger partial charge in [0.25, 0.3) is 0 Å². The van der Waals surface area contributed by atoms with Gasteiger partial charge in [0.05, 0.1) is 18.7 Å². The lowest BCUT2D eigenvalue weighted by atomic mass is 9.85. The molecule has 0 spiro atoms. The van der Waals surface area contributed by atoms with Gasteiger partial charge in [0.1, 0.15) is 0 Å². The zero-order valence-electron chi connectivity index (χ0n) is 10.00. The van der Waals surface area contributed by atoms with Crippen molar-refractivity contribution in [3.63, 3.8) is 0 Å². The zero-order chi connectivity index (χ0) is 12.7. The average molecular weight is 243 g/mol. The molecular weight excluding hydrogens is 222 g/mol. The topological polar surface area (TPSA) is 104 Å². The van der Waals surface area contributed by atoms with Gasteiger partial charge in [-0.3, -0.25) is 9.59 Å². The van der Waals surface area contributed by atoms with Crippen LogP contribution in [0.25, 0.3) is 0 Å².